The lowest BCUT2D eigenvalue weighted by Gasteiger charge is -2.23. The van der Waals surface area contributed by atoms with Gasteiger partial charge in [0, 0.05) is 18.0 Å². The van der Waals surface area contributed by atoms with Crippen LogP contribution in [-0.2, 0) is 9.53 Å². The Morgan fingerprint density at radius 2 is 1.72 bits per heavy atom. The number of pyridine rings is 1. The van der Waals surface area contributed by atoms with E-state index in [9.17, 15) is 14.0 Å². The first-order valence-corrected chi connectivity index (χ1v) is 9.27. The van der Waals surface area contributed by atoms with E-state index in [1.807, 2.05) is 24.3 Å². The highest BCUT2D eigenvalue weighted by Gasteiger charge is 2.22. The van der Waals surface area contributed by atoms with E-state index in [0.29, 0.717) is 27.7 Å². The number of hydrogen-bond acceptors (Lipinski definition) is 4. The Kier molecular flexibility index (Phi) is 5.64. The molecule has 1 heterocycles. The molecule has 29 heavy (non-hydrogen) atoms. The third-order valence-electron chi connectivity index (χ3n) is 4.22. The Morgan fingerprint density at radius 1 is 1.07 bits per heavy atom. The highest BCUT2D eigenvalue weighted by molar-refractivity contribution is 6.07. The van der Waals surface area contributed by atoms with Crippen LogP contribution >= 0.6 is 0 Å². The number of amides is 1. The maximum atomic E-state index is 13.3. The van der Waals surface area contributed by atoms with Gasteiger partial charge in [-0.3, -0.25) is 9.59 Å². The molecule has 0 aliphatic rings. The highest BCUT2D eigenvalue weighted by Crippen LogP contribution is 2.26. The quantitative estimate of drug-likeness (QED) is 0.613. The van der Waals surface area contributed by atoms with Crippen LogP contribution in [-0.4, -0.2) is 41.0 Å². The highest BCUT2D eigenvalue weighted by atomic mass is 19.1. The van der Waals surface area contributed by atoms with Crippen molar-refractivity contribution in [3.63, 3.8) is 0 Å². The van der Waals surface area contributed by atoms with Crippen molar-refractivity contribution in [3.8, 4) is 11.3 Å². The first-order valence-electron chi connectivity index (χ1n) is 9.27. The molecular weight excluding hydrogens is 371 g/mol. The Labute approximate surface area is 169 Å². The predicted molar refractivity (Wildman–Crippen MR) is 110 cm³/mol. The van der Waals surface area contributed by atoms with Gasteiger partial charge in [0.2, 0.25) is 0 Å². The van der Waals surface area contributed by atoms with Crippen molar-refractivity contribution in [1.82, 2.24) is 9.88 Å². The van der Waals surface area contributed by atoms with Crippen LogP contribution in [0.3, 0.4) is 0 Å². The van der Waals surface area contributed by atoms with Crippen molar-refractivity contribution in [1.29, 1.82) is 0 Å². The summed E-state index contributed by atoms with van der Waals surface area (Å²) in [5, 5.41) is 0.680. The normalized spacial score (nSPS) is 11.3. The predicted octanol–water partition coefficient (Wildman–Crippen LogP) is 4.45. The lowest BCUT2D eigenvalue weighted by atomic mass is 10.0. The summed E-state index contributed by atoms with van der Waals surface area (Å²) in [6.07, 6.45) is 0. The second-order valence-corrected chi connectivity index (χ2v) is 7.83. The van der Waals surface area contributed by atoms with Crippen molar-refractivity contribution < 1.29 is 18.7 Å². The summed E-state index contributed by atoms with van der Waals surface area (Å²) in [7, 11) is 1.55. The number of halogens is 1. The van der Waals surface area contributed by atoms with E-state index in [2.05, 4.69) is 4.98 Å². The van der Waals surface area contributed by atoms with E-state index >= 15 is 0 Å². The minimum absolute atomic E-state index is 0.168. The molecule has 3 aromatic rings. The van der Waals surface area contributed by atoms with Gasteiger partial charge in [0.25, 0.3) is 5.91 Å². The van der Waals surface area contributed by atoms with Crippen LogP contribution in [0.1, 0.15) is 31.1 Å². The molecule has 0 atom stereocenters. The average molecular weight is 394 g/mol. The number of carbonyl (C=O) groups is 2. The fourth-order valence-corrected chi connectivity index (χ4v) is 2.97. The molecule has 3 rings (SSSR count). The minimum atomic E-state index is -0.625. The number of para-hydroxylation sites is 1. The fraction of sp³-hybridized carbons (Fsp3) is 0.261. The van der Waals surface area contributed by atoms with Crippen molar-refractivity contribution in [2.45, 2.75) is 26.4 Å². The summed E-state index contributed by atoms with van der Waals surface area (Å²) in [6.45, 7) is 5.16. The minimum Gasteiger partial charge on any atom is -0.459 e. The van der Waals surface area contributed by atoms with Gasteiger partial charge < -0.3 is 9.64 Å². The summed E-state index contributed by atoms with van der Waals surface area (Å²) in [5.41, 5.74) is 1.68. The second-order valence-electron chi connectivity index (χ2n) is 7.83. The third kappa shape index (κ3) is 4.96. The van der Waals surface area contributed by atoms with Gasteiger partial charge in [-0.05, 0) is 57.2 Å². The molecule has 0 unspecified atom stereocenters. The molecule has 0 saturated heterocycles. The smallest absolute Gasteiger partial charge is 0.326 e. The molecule has 0 radical (unpaired) electrons. The van der Waals surface area contributed by atoms with Gasteiger partial charge in [0.05, 0.1) is 16.8 Å². The van der Waals surface area contributed by atoms with Crippen molar-refractivity contribution in [2.75, 3.05) is 13.6 Å². The summed E-state index contributed by atoms with van der Waals surface area (Å²) in [6, 6.07) is 14.9. The number of benzene rings is 2. The van der Waals surface area contributed by atoms with E-state index in [4.69, 9.17) is 4.74 Å². The molecule has 0 fully saturated rings. The lowest BCUT2D eigenvalue weighted by Crippen LogP contribution is -2.36. The van der Waals surface area contributed by atoms with E-state index in [1.54, 1.807) is 46.0 Å². The number of ether oxygens (including phenoxy) is 1. The monoisotopic (exact) mass is 394 g/mol. The summed E-state index contributed by atoms with van der Waals surface area (Å²) < 4.78 is 18.6. The molecule has 0 bridgehead atoms. The zero-order valence-corrected chi connectivity index (χ0v) is 16.9. The van der Waals surface area contributed by atoms with Crippen LogP contribution in [0.2, 0.25) is 0 Å². The fourth-order valence-electron chi connectivity index (χ4n) is 2.97. The van der Waals surface area contributed by atoms with Crippen LogP contribution in [0.25, 0.3) is 22.2 Å². The van der Waals surface area contributed by atoms with Crippen LogP contribution in [0.15, 0.2) is 54.6 Å². The van der Waals surface area contributed by atoms with Crippen LogP contribution in [0.5, 0.6) is 0 Å². The van der Waals surface area contributed by atoms with E-state index < -0.39 is 11.6 Å². The molecule has 0 aliphatic carbocycles. The zero-order valence-electron chi connectivity index (χ0n) is 16.9. The average Bonchev–Trinajstić information content (AvgIpc) is 2.65. The van der Waals surface area contributed by atoms with Crippen molar-refractivity contribution >= 4 is 22.8 Å². The summed E-state index contributed by atoms with van der Waals surface area (Å²) >= 11 is 0. The number of hydrogen-bond donors (Lipinski definition) is 0. The maximum absolute atomic E-state index is 13.3. The van der Waals surface area contributed by atoms with Crippen LogP contribution < -0.4 is 0 Å². The molecule has 0 aliphatic heterocycles. The number of likely N-dealkylation sites (N-methyl/N-ethyl adjacent to an activating group) is 1. The maximum Gasteiger partial charge on any atom is 0.326 e. The first kappa shape index (κ1) is 20.5. The number of fused-ring (bicyclic) bond motifs is 1. The SMILES string of the molecule is CN(CC(=O)OC(C)(C)C)C(=O)c1cc(-c2ccc(F)cc2)nc2ccccc12. The molecule has 1 aromatic heterocycles. The molecule has 0 N–H and O–H groups in total. The van der Waals surface area contributed by atoms with Gasteiger partial charge >= 0.3 is 5.97 Å². The lowest BCUT2D eigenvalue weighted by molar-refractivity contribution is -0.155. The third-order valence-corrected chi connectivity index (χ3v) is 4.22. The van der Waals surface area contributed by atoms with Crippen LogP contribution in [0, 0.1) is 5.82 Å². The molecular formula is C23H23FN2O3. The van der Waals surface area contributed by atoms with Gasteiger partial charge in [-0.1, -0.05) is 18.2 Å². The molecule has 2 aromatic carbocycles. The topological polar surface area (TPSA) is 59.5 Å². The summed E-state index contributed by atoms with van der Waals surface area (Å²) in [5.74, 6) is -1.15. The Morgan fingerprint density at radius 3 is 2.38 bits per heavy atom. The Balaban J connectivity index is 1.97. The van der Waals surface area contributed by atoms with Gasteiger partial charge in [-0.15, -0.1) is 0 Å². The molecule has 6 heteroatoms. The number of aromatic nitrogens is 1. The molecule has 0 spiro atoms. The second kappa shape index (κ2) is 7.99. The van der Waals surface area contributed by atoms with Crippen molar-refractivity contribution in [3.05, 3.63) is 66.0 Å². The Hall–Kier alpha value is -3.28. The zero-order chi connectivity index (χ0) is 21.2. The number of esters is 1. The first-order chi connectivity index (χ1) is 13.6. The summed E-state index contributed by atoms with van der Waals surface area (Å²) in [4.78, 5) is 31.2. The van der Waals surface area contributed by atoms with Crippen LogP contribution in [0.4, 0.5) is 4.39 Å². The Bertz CT molecular complexity index is 1060. The molecule has 150 valence electrons. The van der Waals surface area contributed by atoms with Gasteiger partial charge in [-0.25, -0.2) is 9.37 Å². The van der Waals surface area contributed by atoms with E-state index in [0.717, 1.165) is 0 Å². The van der Waals surface area contributed by atoms with E-state index in [-0.39, 0.29) is 18.3 Å². The van der Waals surface area contributed by atoms with Gasteiger partial charge in [0.15, 0.2) is 0 Å². The molecule has 5 nitrogen and oxygen atoms in total. The van der Waals surface area contributed by atoms with E-state index in [1.165, 1.54) is 17.0 Å². The standard InChI is InChI=1S/C23H23FN2O3/c1-23(2,3)29-21(27)14-26(4)22(28)18-13-20(15-9-11-16(24)12-10-15)25-19-8-6-5-7-17(18)19/h5-13H,14H2,1-4H3. The van der Waals surface area contributed by atoms with Gasteiger partial charge in [0.1, 0.15) is 18.0 Å². The number of carbonyl (C=O) groups excluding carboxylic acids is 2. The van der Waals surface area contributed by atoms with Crippen molar-refractivity contribution in [2.24, 2.45) is 0 Å². The molecule has 0 saturated carbocycles. The molecule has 1 amide bonds. The number of rotatable bonds is 4. The van der Waals surface area contributed by atoms with Gasteiger partial charge in [-0.2, -0.15) is 0 Å². The number of nitrogens with zero attached hydrogens (tertiary/aromatic N) is 2. The largest absolute Gasteiger partial charge is 0.459 e.